The van der Waals surface area contributed by atoms with Crippen molar-refractivity contribution in [3.05, 3.63) is 67.1 Å². The van der Waals surface area contributed by atoms with Crippen molar-refractivity contribution in [3.8, 4) is 11.5 Å². The van der Waals surface area contributed by atoms with Crippen LogP contribution < -0.4 is 14.9 Å². The molecular formula is C20H14BrClFNO5. The average Bonchev–Trinajstić information content (AvgIpc) is 3.13. The first-order valence-corrected chi connectivity index (χ1v) is 9.83. The molecule has 0 fully saturated rings. The number of nitrogens with zero attached hydrogens (tertiary/aromatic N) is 1. The van der Waals surface area contributed by atoms with Gasteiger partial charge in [0.25, 0.3) is 0 Å². The maximum atomic E-state index is 14.0. The topological polar surface area (TPSA) is 66.8 Å². The smallest absolute Gasteiger partial charge is 0.343 e. The second-order valence-corrected chi connectivity index (χ2v) is 7.56. The van der Waals surface area contributed by atoms with Crippen molar-refractivity contribution in [1.82, 2.24) is 4.57 Å². The summed E-state index contributed by atoms with van der Waals surface area (Å²) in [7, 11) is 0. The van der Waals surface area contributed by atoms with Gasteiger partial charge in [-0.25, -0.2) is 9.18 Å². The highest BCUT2D eigenvalue weighted by Crippen LogP contribution is 2.37. The van der Waals surface area contributed by atoms with Gasteiger partial charge in [-0.2, -0.15) is 0 Å². The first kappa shape index (κ1) is 19.7. The van der Waals surface area contributed by atoms with Gasteiger partial charge in [0.2, 0.25) is 12.2 Å². The average molecular weight is 483 g/mol. The molecule has 0 atom stereocenters. The van der Waals surface area contributed by atoms with E-state index in [-0.39, 0.29) is 35.9 Å². The summed E-state index contributed by atoms with van der Waals surface area (Å²) in [5.41, 5.74) is 0.390. The zero-order valence-corrected chi connectivity index (χ0v) is 17.5. The van der Waals surface area contributed by atoms with Crippen molar-refractivity contribution >= 4 is 44.4 Å². The van der Waals surface area contributed by atoms with Crippen molar-refractivity contribution in [1.29, 1.82) is 0 Å². The molecule has 0 bridgehead atoms. The van der Waals surface area contributed by atoms with E-state index >= 15 is 0 Å². The van der Waals surface area contributed by atoms with Gasteiger partial charge >= 0.3 is 5.97 Å². The number of hydrogen-bond acceptors (Lipinski definition) is 5. The predicted octanol–water partition coefficient (Wildman–Crippen LogP) is 4.51. The lowest BCUT2D eigenvalue weighted by atomic mass is 10.1. The molecule has 0 spiro atoms. The molecule has 29 heavy (non-hydrogen) atoms. The van der Waals surface area contributed by atoms with Crippen LogP contribution in [0.15, 0.2) is 39.7 Å². The fraction of sp³-hybridized carbons (Fsp3) is 0.200. The Balaban J connectivity index is 1.91. The Morgan fingerprint density at radius 2 is 2.00 bits per heavy atom. The third-order valence-corrected chi connectivity index (χ3v) is 5.53. The van der Waals surface area contributed by atoms with Crippen LogP contribution in [-0.2, 0) is 11.3 Å². The molecule has 0 N–H and O–H groups in total. The first-order chi connectivity index (χ1) is 13.9. The highest BCUT2D eigenvalue weighted by atomic mass is 79.9. The normalized spacial score (nSPS) is 12.4. The summed E-state index contributed by atoms with van der Waals surface area (Å²) >= 11 is 9.44. The number of aromatic nitrogens is 1. The van der Waals surface area contributed by atoms with E-state index in [1.807, 2.05) is 0 Å². The van der Waals surface area contributed by atoms with Gasteiger partial charge in [0, 0.05) is 22.6 Å². The monoisotopic (exact) mass is 481 g/mol. The van der Waals surface area contributed by atoms with E-state index in [9.17, 15) is 14.0 Å². The van der Waals surface area contributed by atoms with Crippen LogP contribution in [0, 0.1) is 5.82 Å². The Hall–Kier alpha value is -2.58. The summed E-state index contributed by atoms with van der Waals surface area (Å²) in [6.07, 6.45) is 1.40. The van der Waals surface area contributed by atoms with Gasteiger partial charge in [0.1, 0.15) is 11.4 Å². The van der Waals surface area contributed by atoms with E-state index in [2.05, 4.69) is 15.9 Å². The molecule has 0 aliphatic carbocycles. The summed E-state index contributed by atoms with van der Waals surface area (Å²) in [5, 5.41) is -0.0893. The maximum Gasteiger partial charge on any atom is 0.343 e. The standard InChI is InChI=1S/C20H14BrClFNO5/c1-2-27-20(26)12-8-24(16-6-14(22)15(23)4-11(16)19(12)25)7-10-3-17-18(5-13(10)21)29-9-28-17/h3-6,8H,2,7,9H2,1H3. The maximum absolute atomic E-state index is 14.0. The molecule has 0 saturated carbocycles. The van der Waals surface area contributed by atoms with Gasteiger partial charge in [-0.15, -0.1) is 0 Å². The van der Waals surface area contributed by atoms with Gasteiger partial charge in [-0.05, 0) is 36.8 Å². The quantitative estimate of drug-likeness (QED) is 0.512. The Labute approximate surface area is 177 Å². The molecule has 0 radical (unpaired) electrons. The Bertz CT molecular complexity index is 1210. The Morgan fingerprint density at radius 1 is 1.28 bits per heavy atom. The van der Waals surface area contributed by atoms with E-state index in [4.69, 9.17) is 25.8 Å². The summed E-state index contributed by atoms with van der Waals surface area (Å²) in [6, 6.07) is 5.98. The van der Waals surface area contributed by atoms with Gasteiger partial charge in [0.15, 0.2) is 11.5 Å². The molecule has 0 saturated heterocycles. The zero-order valence-electron chi connectivity index (χ0n) is 15.1. The summed E-state index contributed by atoms with van der Waals surface area (Å²) in [6.45, 7) is 2.14. The number of pyridine rings is 1. The van der Waals surface area contributed by atoms with Gasteiger partial charge < -0.3 is 18.8 Å². The van der Waals surface area contributed by atoms with E-state index < -0.39 is 17.2 Å². The van der Waals surface area contributed by atoms with Crippen LogP contribution >= 0.6 is 27.5 Å². The lowest BCUT2D eigenvalue weighted by Crippen LogP contribution is -2.21. The van der Waals surface area contributed by atoms with E-state index in [1.54, 1.807) is 23.6 Å². The number of esters is 1. The summed E-state index contributed by atoms with van der Waals surface area (Å²) in [4.78, 5) is 25.0. The van der Waals surface area contributed by atoms with Crippen molar-refractivity contribution in [3.63, 3.8) is 0 Å². The number of fused-ring (bicyclic) bond motifs is 2. The fourth-order valence-electron chi connectivity index (χ4n) is 3.13. The fourth-order valence-corrected chi connectivity index (χ4v) is 3.74. The SMILES string of the molecule is CCOC(=O)c1cn(Cc2cc3c(cc2Br)OCO3)c2cc(Cl)c(F)cc2c1=O. The number of ether oxygens (including phenoxy) is 3. The largest absolute Gasteiger partial charge is 0.462 e. The molecule has 1 aliphatic heterocycles. The van der Waals surface area contributed by atoms with Crippen molar-refractivity contribution in [2.24, 2.45) is 0 Å². The Kier molecular flexibility index (Phi) is 5.23. The number of hydrogen-bond donors (Lipinski definition) is 0. The third kappa shape index (κ3) is 3.58. The number of halogens is 3. The molecule has 6 nitrogen and oxygen atoms in total. The van der Waals surface area contributed by atoms with E-state index in [0.717, 1.165) is 16.1 Å². The number of carbonyl (C=O) groups excluding carboxylic acids is 1. The first-order valence-electron chi connectivity index (χ1n) is 8.66. The molecule has 4 rings (SSSR count). The molecule has 3 aromatic rings. The summed E-state index contributed by atoms with van der Waals surface area (Å²) in [5.74, 6) is -0.313. The van der Waals surface area contributed by atoms with Crippen molar-refractivity contribution in [2.45, 2.75) is 13.5 Å². The van der Waals surface area contributed by atoms with E-state index in [1.165, 1.54) is 12.3 Å². The second-order valence-electron chi connectivity index (χ2n) is 6.30. The number of rotatable bonds is 4. The molecule has 2 aromatic carbocycles. The molecule has 9 heteroatoms. The lowest BCUT2D eigenvalue weighted by Gasteiger charge is -2.15. The van der Waals surface area contributed by atoms with Gasteiger partial charge in [-0.3, -0.25) is 4.79 Å². The van der Waals surface area contributed by atoms with Crippen molar-refractivity contribution < 1.29 is 23.4 Å². The van der Waals surface area contributed by atoms with Crippen molar-refractivity contribution in [2.75, 3.05) is 13.4 Å². The molecule has 1 aromatic heterocycles. The molecular weight excluding hydrogens is 469 g/mol. The van der Waals surface area contributed by atoms with Gasteiger partial charge in [0.05, 0.1) is 17.1 Å². The van der Waals surface area contributed by atoms with Crippen LogP contribution in [0.2, 0.25) is 5.02 Å². The molecule has 0 unspecified atom stereocenters. The van der Waals surface area contributed by atoms with E-state index in [0.29, 0.717) is 17.0 Å². The summed E-state index contributed by atoms with van der Waals surface area (Å²) < 4.78 is 32.2. The van der Waals surface area contributed by atoms with Gasteiger partial charge in [-0.1, -0.05) is 27.5 Å². The highest BCUT2D eigenvalue weighted by Gasteiger charge is 2.20. The molecule has 1 aliphatic rings. The van der Waals surface area contributed by atoms with Crippen LogP contribution in [0.4, 0.5) is 4.39 Å². The van der Waals surface area contributed by atoms with Crippen LogP contribution in [0.1, 0.15) is 22.8 Å². The minimum absolute atomic E-state index is 0.0364. The second kappa shape index (κ2) is 7.68. The molecule has 0 amide bonds. The van der Waals surface area contributed by atoms with Crippen LogP contribution in [0.25, 0.3) is 10.9 Å². The van der Waals surface area contributed by atoms with Crippen LogP contribution in [0.3, 0.4) is 0 Å². The highest BCUT2D eigenvalue weighted by molar-refractivity contribution is 9.10. The number of benzene rings is 2. The van der Waals surface area contributed by atoms with Crippen LogP contribution in [-0.4, -0.2) is 23.9 Å². The minimum atomic E-state index is -0.770. The molecule has 2 heterocycles. The minimum Gasteiger partial charge on any atom is -0.462 e. The molecule has 150 valence electrons. The number of carbonyl (C=O) groups is 1. The third-order valence-electron chi connectivity index (χ3n) is 4.50. The lowest BCUT2D eigenvalue weighted by molar-refractivity contribution is 0.0524. The Morgan fingerprint density at radius 3 is 2.72 bits per heavy atom. The van der Waals surface area contributed by atoms with Crippen LogP contribution in [0.5, 0.6) is 11.5 Å². The zero-order chi connectivity index (χ0) is 20.7. The predicted molar refractivity (Wildman–Crippen MR) is 108 cm³/mol.